The van der Waals surface area contributed by atoms with Crippen LogP contribution in [0, 0.1) is 0 Å². The number of fused-ring (bicyclic) bond motifs is 2. The Morgan fingerprint density at radius 3 is 3.05 bits per heavy atom. The quantitative estimate of drug-likeness (QED) is 0.843. The summed E-state index contributed by atoms with van der Waals surface area (Å²) in [7, 11) is 0. The van der Waals surface area contributed by atoms with E-state index in [0.29, 0.717) is 5.92 Å². The lowest BCUT2D eigenvalue weighted by molar-refractivity contribution is -0.122. The van der Waals surface area contributed by atoms with Crippen molar-refractivity contribution in [1.29, 1.82) is 0 Å². The standard InChI is InChI=1S/C15H21N3O/c1-10(2)11-7-12-9-18-6-4-3-5-13(18)15(19)17-14(12)16-8-11/h7-8,10,13H,3-6,9H2,1-2H3,(H,16,17,19). The molecular weight excluding hydrogens is 238 g/mol. The van der Waals surface area contributed by atoms with Crippen LogP contribution >= 0.6 is 0 Å². The number of hydrogen-bond donors (Lipinski definition) is 1. The van der Waals surface area contributed by atoms with Gasteiger partial charge in [-0.25, -0.2) is 4.98 Å². The largest absolute Gasteiger partial charge is 0.309 e. The summed E-state index contributed by atoms with van der Waals surface area (Å²) in [6, 6.07) is 2.23. The van der Waals surface area contributed by atoms with E-state index in [0.717, 1.165) is 37.3 Å². The van der Waals surface area contributed by atoms with E-state index >= 15 is 0 Å². The number of aromatic nitrogens is 1. The number of nitrogens with zero attached hydrogens (tertiary/aromatic N) is 2. The van der Waals surface area contributed by atoms with Crippen molar-refractivity contribution >= 4 is 11.7 Å². The van der Waals surface area contributed by atoms with Gasteiger partial charge in [0.2, 0.25) is 5.91 Å². The van der Waals surface area contributed by atoms with E-state index in [1.807, 2.05) is 6.20 Å². The summed E-state index contributed by atoms with van der Waals surface area (Å²) in [5.74, 6) is 1.33. The predicted octanol–water partition coefficient (Wildman–Crippen LogP) is 2.51. The fourth-order valence-electron chi connectivity index (χ4n) is 2.97. The molecule has 0 bridgehead atoms. The number of rotatable bonds is 1. The van der Waals surface area contributed by atoms with Crippen molar-refractivity contribution in [3.63, 3.8) is 0 Å². The molecule has 0 spiro atoms. The Morgan fingerprint density at radius 1 is 1.42 bits per heavy atom. The minimum atomic E-state index is 0.0328. The highest BCUT2D eigenvalue weighted by Crippen LogP contribution is 2.28. The van der Waals surface area contributed by atoms with Gasteiger partial charge in [-0.05, 0) is 36.9 Å². The van der Waals surface area contributed by atoms with Gasteiger partial charge in [0.15, 0.2) is 0 Å². The molecule has 0 aromatic carbocycles. The van der Waals surface area contributed by atoms with Crippen molar-refractivity contribution < 1.29 is 4.79 Å². The smallest absolute Gasteiger partial charge is 0.242 e. The van der Waals surface area contributed by atoms with Gasteiger partial charge in [0.05, 0.1) is 6.04 Å². The molecule has 1 unspecified atom stereocenters. The van der Waals surface area contributed by atoms with E-state index in [2.05, 4.69) is 35.1 Å². The fourth-order valence-corrected chi connectivity index (χ4v) is 2.97. The molecule has 1 fully saturated rings. The van der Waals surface area contributed by atoms with E-state index < -0.39 is 0 Å². The van der Waals surface area contributed by atoms with Crippen LogP contribution in [0.15, 0.2) is 12.3 Å². The van der Waals surface area contributed by atoms with Crippen LogP contribution in [0.4, 0.5) is 5.82 Å². The van der Waals surface area contributed by atoms with Gasteiger partial charge in [-0.15, -0.1) is 0 Å². The summed E-state index contributed by atoms with van der Waals surface area (Å²) in [4.78, 5) is 19.0. The van der Waals surface area contributed by atoms with Crippen molar-refractivity contribution in [3.05, 3.63) is 23.4 Å². The number of carbonyl (C=O) groups excluding carboxylic acids is 1. The van der Waals surface area contributed by atoms with Crippen LogP contribution in [0.2, 0.25) is 0 Å². The normalized spacial score (nSPS) is 23.5. The predicted molar refractivity (Wildman–Crippen MR) is 75.0 cm³/mol. The maximum absolute atomic E-state index is 12.2. The first-order valence-electron chi connectivity index (χ1n) is 7.19. The zero-order valence-electron chi connectivity index (χ0n) is 11.6. The Bertz CT molecular complexity index is 498. The van der Waals surface area contributed by atoms with Crippen LogP contribution in [0.1, 0.15) is 50.2 Å². The Hall–Kier alpha value is -1.42. The maximum Gasteiger partial charge on any atom is 0.242 e. The second-order valence-corrected chi connectivity index (χ2v) is 5.90. The molecule has 2 aliphatic heterocycles. The van der Waals surface area contributed by atoms with Crippen molar-refractivity contribution in [2.45, 2.75) is 51.6 Å². The van der Waals surface area contributed by atoms with Gasteiger partial charge in [0, 0.05) is 18.3 Å². The van der Waals surface area contributed by atoms with E-state index in [4.69, 9.17) is 0 Å². The first-order valence-corrected chi connectivity index (χ1v) is 7.19. The Balaban J connectivity index is 1.95. The van der Waals surface area contributed by atoms with Gasteiger partial charge in [-0.3, -0.25) is 9.69 Å². The molecule has 1 atom stereocenters. The molecule has 4 nitrogen and oxygen atoms in total. The third-order valence-corrected chi connectivity index (χ3v) is 4.19. The van der Waals surface area contributed by atoms with Crippen LogP contribution in [-0.4, -0.2) is 28.4 Å². The van der Waals surface area contributed by atoms with E-state index in [-0.39, 0.29) is 11.9 Å². The molecule has 1 saturated heterocycles. The number of carbonyl (C=O) groups is 1. The molecule has 3 rings (SSSR count). The fraction of sp³-hybridized carbons (Fsp3) is 0.600. The highest BCUT2D eigenvalue weighted by Gasteiger charge is 2.32. The summed E-state index contributed by atoms with van der Waals surface area (Å²) in [5, 5.41) is 3.00. The zero-order chi connectivity index (χ0) is 13.4. The molecule has 1 N–H and O–H groups in total. The first-order chi connectivity index (χ1) is 9.15. The minimum Gasteiger partial charge on any atom is -0.309 e. The lowest BCUT2D eigenvalue weighted by Crippen LogP contribution is -2.44. The summed E-state index contributed by atoms with van der Waals surface area (Å²) >= 11 is 0. The van der Waals surface area contributed by atoms with E-state index in [1.54, 1.807) is 0 Å². The molecule has 2 aliphatic rings. The molecule has 1 aromatic heterocycles. The van der Waals surface area contributed by atoms with Gasteiger partial charge in [0.25, 0.3) is 0 Å². The second kappa shape index (κ2) is 4.93. The lowest BCUT2D eigenvalue weighted by Gasteiger charge is -2.32. The number of hydrogen-bond acceptors (Lipinski definition) is 3. The number of piperidine rings is 1. The Kier molecular flexibility index (Phi) is 3.27. The molecule has 19 heavy (non-hydrogen) atoms. The summed E-state index contributed by atoms with van der Waals surface area (Å²) in [6.07, 6.45) is 5.19. The summed E-state index contributed by atoms with van der Waals surface area (Å²) < 4.78 is 0. The number of amides is 1. The molecule has 0 aliphatic carbocycles. The molecule has 1 amide bonds. The zero-order valence-corrected chi connectivity index (χ0v) is 11.6. The van der Waals surface area contributed by atoms with Gasteiger partial charge in [0.1, 0.15) is 5.82 Å². The van der Waals surface area contributed by atoms with Gasteiger partial charge >= 0.3 is 0 Å². The van der Waals surface area contributed by atoms with Crippen LogP contribution < -0.4 is 5.32 Å². The molecule has 0 radical (unpaired) electrons. The third-order valence-electron chi connectivity index (χ3n) is 4.19. The van der Waals surface area contributed by atoms with Gasteiger partial charge in [-0.2, -0.15) is 0 Å². The number of pyridine rings is 1. The molecule has 0 saturated carbocycles. The average molecular weight is 259 g/mol. The molecule has 4 heteroatoms. The number of anilines is 1. The number of nitrogens with one attached hydrogen (secondary N) is 1. The van der Waals surface area contributed by atoms with Crippen LogP contribution in [-0.2, 0) is 11.3 Å². The summed E-state index contributed by atoms with van der Waals surface area (Å²) in [5.41, 5.74) is 2.40. The van der Waals surface area contributed by atoms with E-state index in [9.17, 15) is 4.79 Å². The monoisotopic (exact) mass is 259 g/mol. The lowest BCUT2D eigenvalue weighted by atomic mass is 10.0. The van der Waals surface area contributed by atoms with Crippen molar-refractivity contribution in [2.75, 3.05) is 11.9 Å². The van der Waals surface area contributed by atoms with Gasteiger partial charge in [-0.1, -0.05) is 20.3 Å². The molecule has 1 aromatic rings. The molecule has 3 heterocycles. The van der Waals surface area contributed by atoms with Crippen molar-refractivity contribution in [1.82, 2.24) is 9.88 Å². The van der Waals surface area contributed by atoms with Crippen LogP contribution in [0.25, 0.3) is 0 Å². The summed E-state index contributed by atoms with van der Waals surface area (Å²) in [6.45, 7) is 6.19. The highest BCUT2D eigenvalue weighted by atomic mass is 16.2. The first kappa shape index (κ1) is 12.6. The minimum absolute atomic E-state index is 0.0328. The van der Waals surface area contributed by atoms with Crippen molar-refractivity contribution in [2.24, 2.45) is 0 Å². The highest BCUT2D eigenvalue weighted by molar-refractivity contribution is 5.95. The van der Waals surface area contributed by atoms with Crippen LogP contribution in [0.5, 0.6) is 0 Å². The topological polar surface area (TPSA) is 45.2 Å². The molecule has 102 valence electrons. The van der Waals surface area contributed by atoms with E-state index in [1.165, 1.54) is 12.0 Å². The second-order valence-electron chi connectivity index (χ2n) is 5.90. The van der Waals surface area contributed by atoms with Crippen LogP contribution in [0.3, 0.4) is 0 Å². The SMILES string of the molecule is CC(C)c1cnc2c(c1)CN1CCCCC1C(=O)N2. The Morgan fingerprint density at radius 2 is 2.26 bits per heavy atom. The average Bonchev–Trinajstić information content (AvgIpc) is 2.54. The van der Waals surface area contributed by atoms with Gasteiger partial charge < -0.3 is 5.32 Å². The third kappa shape index (κ3) is 2.37. The molecular formula is C15H21N3O. The Labute approximate surface area is 114 Å². The van der Waals surface area contributed by atoms with Crippen molar-refractivity contribution in [3.8, 4) is 0 Å². The maximum atomic E-state index is 12.2.